The number of thiophene rings is 1. The van der Waals surface area contributed by atoms with Crippen molar-refractivity contribution in [3.63, 3.8) is 0 Å². The Morgan fingerprint density at radius 2 is 2.08 bits per heavy atom. The van der Waals surface area contributed by atoms with Crippen LogP contribution < -0.4 is 10.1 Å². The van der Waals surface area contributed by atoms with Gasteiger partial charge in [-0.2, -0.15) is 0 Å². The molecule has 0 aliphatic heterocycles. The number of nitrogens with one attached hydrogen (secondary N) is 1. The van der Waals surface area contributed by atoms with Crippen LogP contribution in [0.3, 0.4) is 0 Å². The van der Waals surface area contributed by atoms with E-state index < -0.39 is 6.36 Å². The molecule has 136 valence electrons. The van der Waals surface area contributed by atoms with Crippen molar-refractivity contribution in [1.29, 1.82) is 0 Å². The zero-order valence-corrected chi connectivity index (χ0v) is 15.3. The van der Waals surface area contributed by atoms with Gasteiger partial charge in [-0.1, -0.05) is 41.3 Å². The van der Waals surface area contributed by atoms with Gasteiger partial charge in [0.25, 0.3) is 5.91 Å². The topological polar surface area (TPSA) is 64.1 Å². The number of hydrogen-bond acceptors (Lipinski definition) is 7. The molecule has 0 spiro atoms. The predicted molar refractivity (Wildman–Crippen MR) is 94.9 cm³/mol. The van der Waals surface area contributed by atoms with E-state index in [1.807, 2.05) is 0 Å². The van der Waals surface area contributed by atoms with Gasteiger partial charge in [0.15, 0.2) is 4.34 Å². The fourth-order valence-electron chi connectivity index (χ4n) is 1.86. The summed E-state index contributed by atoms with van der Waals surface area (Å²) in [4.78, 5) is 12.5. The van der Waals surface area contributed by atoms with Crippen molar-refractivity contribution >= 4 is 45.5 Å². The van der Waals surface area contributed by atoms with E-state index in [1.165, 1.54) is 52.6 Å². The highest BCUT2D eigenvalue weighted by Gasteiger charge is 2.31. The highest BCUT2D eigenvalue weighted by atomic mass is 32.2. The molecule has 0 atom stereocenters. The minimum absolute atomic E-state index is 0.260. The molecule has 0 bridgehead atoms. The normalized spacial score (nSPS) is 11.3. The maximum Gasteiger partial charge on any atom is 0.573 e. The summed E-state index contributed by atoms with van der Waals surface area (Å²) in [7, 11) is 0. The summed E-state index contributed by atoms with van der Waals surface area (Å²) < 4.78 is 41.3. The Bertz CT molecular complexity index is 882. The zero-order chi connectivity index (χ0) is 18.6. The second-order valence-corrected chi connectivity index (χ2v) is 7.94. The van der Waals surface area contributed by atoms with Crippen molar-refractivity contribution < 1.29 is 22.7 Å². The van der Waals surface area contributed by atoms with Gasteiger partial charge in [0.1, 0.15) is 5.75 Å². The monoisotopic (exact) mass is 417 g/mol. The van der Waals surface area contributed by atoms with E-state index in [0.29, 0.717) is 25.7 Å². The van der Waals surface area contributed by atoms with Gasteiger partial charge in [-0.3, -0.25) is 10.1 Å². The largest absolute Gasteiger partial charge is 0.573 e. The highest BCUT2D eigenvalue weighted by Crippen LogP contribution is 2.30. The highest BCUT2D eigenvalue weighted by molar-refractivity contribution is 8.00. The molecular weight excluding hydrogens is 407 g/mol. The van der Waals surface area contributed by atoms with Crippen molar-refractivity contribution in [3.05, 3.63) is 52.2 Å². The number of amides is 1. The van der Waals surface area contributed by atoms with E-state index in [0.717, 1.165) is 0 Å². The average Bonchev–Trinajstić information content (AvgIpc) is 3.23. The first kappa shape index (κ1) is 18.7. The van der Waals surface area contributed by atoms with Crippen molar-refractivity contribution in [2.24, 2.45) is 0 Å². The van der Waals surface area contributed by atoms with Crippen molar-refractivity contribution in [2.75, 3.05) is 5.32 Å². The summed E-state index contributed by atoms with van der Waals surface area (Å²) in [5.74, 6) is -0.135. The molecule has 0 aliphatic rings. The molecule has 0 saturated carbocycles. The van der Waals surface area contributed by atoms with Gasteiger partial charge in [0.05, 0.1) is 4.88 Å². The number of alkyl halides is 3. The molecule has 1 amide bonds. The van der Waals surface area contributed by atoms with Crippen molar-refractivity contribution in [2.45, 2.75) is 16.5 Å². The SMILES string of the molecule is O=C(Nc1nnc(SCc2cccc(OC(F)(F)F)c2)s1)c1cccs1. The maximum atomic E-state index is 12.3. The Hall–Kier alpha value is -2.11. The number of ether oxygens (including phenoxy) is 1. The molecular formula is C15H10F3N3O2S3. The Kier molecular flexibility index (Phi) is 5.79. The molecule has 0 saturated heterocycles. The fraction of sp³-hybridized carbons (Fsp3) is 0.133. The number of aromatic nitrogens is 2. The molecule has 11 heteroatoms. The molecule has 26 heavy (non-hydrogen) atoms. The minimum Gasteiger partial charge on any atom is -0.406 e. The number of carbonyl (C=O) groups is 1. The Morgan fingerprint density at radius 1 is 1.23 bits per heavy atom. The van der Waals surface area contributed by atoms with Gasteiger partial charge in [0.2, 0.25) is 5.13 Å². The van der Waals surface area contributed by atoms with Crippen molar-refractivity contribution in [1.82, 2.24) is 10.2 Å². The van der Waals surface area contributed by atoms with Crippen LogP contribution in [-0.2, 0) is 5.75 Å². The standard InChI is InChI=1S/C15H10F3N3O2S3/c16-15(17,18)23-10-4-1-3-9(7-10)8-25-14-21-20-13(26-14)19-12(22)11-5-2-6-24-11/h1-7H,8H2,(H,19,20,22). The number of thioether (sulfide) groups is 1. The number of rotatable bonds is 6. The summed E-state index contributed by atoms with van der Waals surface area (Å²) in [6, 6.07) is 9.22. The van der Waals surface area contributed by atoms with Crippen LogP contribution in [0.2, 0.25) is 0 Å². The first-order valence-electron chi connectivity index (χ1n) is 7.05. The first-order valence-corrected chi connectivity index (χ1v) is 9.73. The third-order valence-corrected chi connectivity index (χ3v) is 5.78. The number of benzene rings is 1. The van der Waals surface area contributed by atoms with Crippen LogP contribution in [0.5, 0.6) is 5.75 Å². The lowest BCUT2D eigenvalue weighted by Crippen LogP contribution is -2.17. The third kappa shape index (κ3) is 5.44. The summed E-state index contributed by atoms with van der Waals surface area (Å²) in [6.07, 6.45) is -4.72. The molecule has 3 aromatic rings. The van der Waals surface area contributed by atoms with Crippen LogP contribution >= 0.6 is 34.4 Å². The lowest BCUT2D eigenvalue weighted by atomic mass is 10.2. The van der Waals surface area contributed by atoms with Crippen LogP contribution in [0.15, 0.2) is 46.1 Å². The lowest BCUT2D eigenvalue weighted by molar-refractivity contribution is -0.274. The average molecular weight is 417 g/mol. The predicted octanol–water partition coefficient (Wildman–Crippen LogP) is 5.04. The van der Waals surface area contributed by atoms with Crippen LogP contribution in [-0.4, -0.2) is 22.5 Å². The Balaban J connectivity index is 1.56. The van der Waals surface area contributed by atoms with Crippen LogP contribution in [0, 0.1) is 0 Å². The summed E-state index contributed by atoms with van der Waals surface area (Å²) >= 11 is 3.82. The van der Waals surface area contributed by atoms with E-state index in [4.69, 9.17) is 0 Å². The van der Waals surface area contributed by atoms with Gasteiger partial charge in [-0.05, 0) is 29.1 Å². The summed E-state index contributed by atoms with van der Waals surface area (Å²) in [5.41, 5.74) is 0.649. The number of halogens is 3. The van der Waals surface area contributed by atoms with E-state index in [1.54, 1.807) is 23.6 Å². The van der Waals surface area contributed by atoms with Crippen molar-refractivity contribution in [3.8, 4) is 5.75 Å². The van der Waals surface area contributed by atoms with Gasteiger partial charge in [-0.25, -0.2) is 0 Å². The van der Waals surface area contributed by atoms with Gasteiger partial charge >= 0.3 is 6.36 Å². The molecule has 3 rings (SSSR count). The molecule has 0 radical (unpaired) electrons. The van der Waals surface area contributed by atoms with Crippen LogP contribution in [0.1, 0.15) is 15.2 Å². The van der Waals surface area contributed by atoms with E-state index >= 15 is 0 Å². The molecule has 2 heterocycles. The summed E-state index contributed by atoms with van der Waals surface area (Å²) in [6.45, 7) is 0. The van der Waals surface area contributed by atoms with Gasteiger partial charge < -0.3 is 4.74 Å². The van der Waals surface area contributed by atoms with Gasteiger partial charge in [-0.15, -0.1) is 34.7 Å². The Labute approximate surface area is 158 Å². The molecule has 1 N–H and O–H groups in total. The van der Waals surface area contributed by atoms with E-state index in [9.17, 15) is 18.0 Å². The van der Waals surface area contributed by atoms with Crippen LogP contribution in [0.4, 0.5) is 18.3 Å². The number of hydrogen-bond donors (Lipinski definition) is 1. The first-order chi connectivity index (χ1) is 12.4. The molecule has 0 aliphatic carbocycles. The van der Waals surface area contributed by atoms with Gasteiger partial charge in [0, 0.05) is 5.75 Å². The molecule has 1 aromatic carbocycles. The number of anilines is 1. The minimum atomic E-state index is -4.72. The second kappa shape index (κ2) is 8.06. The fourth-order valence-corrected chi connectivity index (χ4v) is 4.17. The molecule has 0 unspecified atom stereocenters. The second-order valence-electron chi connectivity index (χ2n) is 4.79. The van der Waals surface area contributed by atoms with E-state index in [-0.39, 0.29) is 11.7 Å². The zero-order valence-electron chi connectivity index (χ0n) is 12.8. The summed E-state index contributed by atoms with van der Waals surface area (Å²) in [5, 5.41) is 12.7. The molecule has 5 nitrogen and oxygen atoms in total. The maximum absolute atomic E-state index is 12.3. The number of carbonyl (C=O) groups excluding carboxylic acids is 1. The molecule has 2 aromatic heterocycles. The number of nitrogens with zero attached hydrogens (tertiary/aromatic N) is 2. The smallest absolute Gasteiger partial charge is 0.406 e. The quantitative estimate of drug-likeness (QED) is 0.450. The van der Waals surface area contributed by atoms with E-state index in [2.05, 4.69) is 20.3 Å². The lowest BCUT2D eigenvalue weighted by Gasteiger charge is -2.09. The third-order valence-electron chi connectivity index (χ3n) is 2.87. The molecule has 0 fully saturated rings. The Morgan fingerprint density at radius 3 is 2.81 bits per heavy atom. The van der Waals surface area contributed by atoms with Crippen LogP contribution in [0.25, 0.3) is 0 Å².